The minimum Gasteiger partial charge on any atom is -0.390 e. The molecule has 1 aromatic carbocycles. The second kappa shape index (κ2) is 5.56. The molecule has 0 saturated carbocycles. The highest BCUT2D eigenvalue weighted by molar-refractivity contribution is 9.10. The van der Waals surface area contributed by atoms with Crippen LogP contribution in [0.3, 0.4) is 0 Å². The third kappa shape index (κ3) is 3.52. The fourth-order valence-electron chi connectivity index (χ4n) is 2.26. The molecule has 0 unspecified atom stereocenters. The molecule has 6 heteroatoms. The maximum atomic E-state index is 10.9. The first kappa shape index (κ1) is 14.4. The first-order chi connectivity index (χ1) is 8.89. The number of aliphatic hydroxyl groups is 1. The predicted octanol–water partition coefficient (Wildman–Crippen LogP) is 2.70. The van der Waals surface area contributed by atoms with Crippen LogP contribution in [0.2, 0.25) is 0 Å². The molecule has 0 aromatic heterocycles. The fraction of sp³-hybridized carbons (Fsp3) is 0.538. The Hall–Kier alpha value is -0.980. The lowest BCUT2D eigenvalue weighted by Crippen LogP contribution is -2.42. The molecule has 0 radical (unpaired) electrons. The van der Waals surface area contributed by atoms with Gasteiger partial charge in [-0.25, -0.2) is 0 Å². The van der Waals surface area contributed by atoms with Gasteiger partial charge < -0.3 is 5.11 Å². The number of benzene rings is 1. The van der Waals surface area contributed by atoms with Crippen LogP contribution in [0.1, 0.15) is 25.3 Å². The Kier molecular flexibility index (Phi) is 4.23. The van der Waals surface area contributed by atoms with Crippen molar-refractivity contribution in [2.24, 2.45) is 0 Å². The van der Waals surface area contributed by atoms with E-state index in [0.29, 0.717) is 11.0 Å². The molecule has 0 aliphatic carbocycles. The van der Waals surface area contributed by atoms with Crippen LogP contribution in [0.5, 0.6) is 0 Å². The number of nitro benzene ring substituents is 1. The molecule has 5 nitrogen and oxygen atoms in total. The highest BCUT2D eigenvalue weighted by Gasteiger charge is 2.27. The summed E-state index contributed by atoms with van der Waals surface area (Å²) in [5, 5.41) is 20.8. The van der Waals surface area contributed by atoms with Gasteiger partial charge in [0.15, 0.2) is 0 Å². The Morgan fingerprint density at radius 2 is 2.11 bits per heavy atom. The van der Waals surface area contributed by atoms with Crippen LogP contribution in [0, 0.1) is 10.1 Å². The number of likely N-dealkylation sites (tertiary alicyclic amines) is 1. The summed E-state index contributed by atoms with van der Waals surface area (Å²) in [6.45, 7) is 4.14. The lowest BCUT2D eigenvalue weighted by atomic mass is 9.93. The van der Waals surface area contributed by atoms with E-state index in [2.05, 4.69) is 20.8 Å². The van der Waals surface area contributed by atoms with Crippen LogP contribution >= 0.6 is 15.9 Å². The Balaban J connectivity index is 2.08. The number of rotatable bonds is 3. The van der Waals surface area contributed by atoms with Crippen LogP contribution in [0.15, 0.2) is 22.7 Å². The second-order valence-corrected chi connectivity index (χ2v) is 6.07. The van der Waals surface area contributed by atoms with E-state index in [1.165, 1.54) is 6.07 Å². The van der Waals surface area contributed by atoms with Crippen LogP contribution in [0.4, 0.5) is 5.69 Å². The molecule has 1 aromatic rings. The third-order valence-electron chi connectivity index (χ3n) is 3.58. The van der Waals surface area contributed by atoms with Crippen LogP contribution in [0.25, 0.3) is 0 Å². The fourth-order valence-corrected chi connectivity index (χ4v) is 2.80. The number of nitrogens with zero attached hydrogens (tertiary/aromatic N) is 2. The van der Waals surface area contributed by atoms with Crippen molar-refractivity contribution < 1.29 is 10.0 Å². The lowest BCUT2D eigenvalue weighted by molar-refractivity contribution is -0.385. The quantitative estimate of drug-likeness (QED) is 0.684. The number of nitro groups is 1. The lowest BCUT2D eigenvalue weighted by Gasteiger charge is -2.35. The molecule has 2 rings (SSSR count). The molecule has 0 amide bonds. The maximum Gasteiger partial charge on any atom is 0.283 e. The highest BCUT2D eigenvalue weighted by atomic mass is 79.9. The summed E-state index contributed by atoms with van der Waals surface area (Å²) in [4.78, 5) is 12.7. The molecule has 1 saturated heterocycles. The number of hydrogen-bond acceptors (Lipinski definition) is 4. The van der Waals surface area contributed by atoms with Crippen LogP contribution < -0.4 is 0 Å². The molecule has 1 aliphatic heterocycles. The average molecular weight is 329 g/mol. The summed E-state index contributed by atoms with van der Waals surface area (Å²) in [5.41, 5.74) is 0.438. The van der Waals surface area contributed by atoms with Gasteiger partial charge >= 0.3 is 0 Å². The highest BCUT2D eigenvalue weighted by Crippen LogP contribution is 2.30. The van der Waals surface area contributed by atoms with Gasteiger partial charge in [0.2, 0.25) is 0 Å². The molecule has 1 fully saturated rings. The van der Waals surface area contributed by atoms with Gasteiger partial charge in [-0.2, -0.15) is 0 Å². The van der Waals surface area contributed by atoms with Crippen molar-refractivity contribution in [2.45, 2.75) is 31.9 Å². The van der Waals surface area contributed by atoms with Gasteiger partial charge in [0.1, 0.15) is 0 Å². The number of halogens is 1. The number of hydrogen-bond donors (Lipinski definition) is 1. The van der Waals surface area contributed by atoms with E-state index in [1.807, 2.05) is 13.0 Å². The van der Waals surface area contributed by atoms with Crippen molar-refractivity contribution in [2.75, 3.05) is 13.1 Å². The van der Waals surface area contributed by atoms with E-state index < -0.39 is 5.60 Å². The molecule has 1 N–H and O–H groups in total. The predicted molar refractivity (Wildman–Crippen MR) is 75.9 cm³/mol. The minimum atomic E-state index is -0.573. The summed E-state index contributed by atoms with van der Waals surface area (Å²) < 4.78 is 0.553. The zero-order valence-electron chi connectivity index (χ0n) is 10.8. The smallest absolute Gasteiger partial charge is 0.283 e. The van der Waals surface area contributed by atoms with Crippen molar-refractivity contribution in [3.8, 4) is 0 Å². The summed E-state index contributed by atoms with van der Waals surface area (Å²) in [6, 6.07) is 5.09. The molecular weight excluding hydrogens is 312 g/mol. The van der Waals surface area contributed by atoms with Crippen molar-refractivity contribution in [1.29, 1.82) is 0 Å². The summed E-state index contributed by atoms with van der Waals surface area (Å²) in [7, 11) is 0. The van der Waals surface area contributed by atoms with E-state index in [4.69, 9.17) is 0 Å². The van der Waals surface area contributed by atoms with Crippen molar-refractivity contribution >= 4 is 21.6 Å². The Morgan fingerprint density at radius 3 is 2.68 bits per heavy atom. The average Bonchev–Trinajstić information content (AvgIpc) is 2.34. The topological polar surface area (TPSA) is 66.6 Å². The van der Waals surface area contributed by atoms with Gasteiger partial charge in [0, 0.05) is 25.7 Å². The Bertz CT molecular complexity index is 481. The van der Waals surface area contributed by atoms with Gasteiger partial charge in [0.05, 0.1) is 15.0 Å². The monoisotopic (exact) mass is 328 g/mol. The summed E-state index contributed by atoms with van der Waals surface area (Å²) >= 11 is 3.31. The first-order valence-corrected chi connectivity index (χ1v) is 7.05. The Morgan fingerprint density at radius 1 is 1.47 bits per heavy atom. The first-order valence-electron chi connectivity index (χ1n) is 6.25. The van der Waals surface area contributed by atoms with Gasteiger partial charge in [0.25, 0.3) is 5.69 Å². The Labute approximate surface area is 120 Å². The van der Waals surface area contributed by atoms with Crippen molar-refractivity contribution in [3.05, 3.63) is 38.3 Å². The number of piperidine rings is 1. The minimum absolute atomic E-state index is 0.0986. The molecule has 1 aliphatic rings. The van der Waals surface area contributed by atoms with Gasteiger partial charge in [-0.05, 0) is 41.3 Å². The van der Waals surface area contributed by atoms with E-state index in [9.17, 15) is 15.2 Å². The SMILES string of the molecule is CC1(O)CCN(Cc2cccc([N+](=O)[O-])c2Br)CC1. The van der Waals surface area contributed by atoms with Crippen molar-refractivity contribution in [1.82, 2.24) is 4.90 Å². The molecule has 0 atom stereocenters. The van der Waals surface area contributed by atoms with Gasteiger partial charge in [-0.15, -0.1) is 0 Å². The second-order valence-electron chi connectivity index (χ2n) is 5.28. The summed E-state index contributed by atoms with van der Waals surface area (Å²) in [5.74, 6) is 0. The van der Waals surface area contributed by atoms with Crippen LogP contribution in [-0.4, -0.2) is 33.6 Å². The molecule has 0 spiro atoms. The van der Waals surface area contributed by atoms with E-state index in [-0.39, 0.29) is 10.6 Å². The van der Waals surface area contributed by atoms with Gasteiger partial charge in [-0.3, -0.25) is 15.0 Å². The molecular formula is C13H17BrN2O3. The normalized spacial score (nSPS) is 19.3. The zero-order valence-corrected chi connectivity index (χ0v) is 12.4. The zero-order chi connectivity index (χ0) is 14.0. The van der Waals surface area contributed by atoms with Gasteiger partial charge in [-0.1, -0.05) is 12.1 Å². The molecule has 1 heterocycles. The maximum absolute atomic E-state index is 10.9. The van der Waals surface area contributed by atoms with E-state index >= 15 is 0 Å². The summed E-state index contributed by atoms with van der Waals surface area (Å²) in [6.07, 6.45) is 1.47. The molecule has 104 valence electrons. The van der Waals surface area contributed by atoms with Crippen molar-refractivity contribution in [3.63, 3.8) is 0 Å². The largest absolute Gasteiger partial charge is 0.390 e. The molecule has 19 heavy (non-hydrogen) atoms. The van der Waals surface area contributed by atoms with Crippen LogP contribution in [-0.2, 0) is 6.54 Å². The standard InChI is InChI=1S/C13H17BrN2O3/c1-13(17)5-7-15(8-6-13)9-10-3-2-4-11(12(10)14)16(18)19/h2-4,17H,5-9H2,1H3. The molecule has 0 bridgehead atoms. The van der Waals surface area contributed by atoms with E-state index in [1.54, 1.807) is 6.07 Å². The third-order valence-corrected chi connectivity index (χ3v) is 4.50. The van der Waals surface area contributed by atoms with E-state index in [0.717, 1.165) is 31.5 Å².